The largest absolute Gasteiger partial charge is 0.492 e. The van der Waals surface area contributed by atoms with Gasteiger partial charge in [0.1, 0.15) is 12.4 Å². The monoisotopic (exact) mass is 558 g/mol. The number of carbonyl (C=O) groups excluding carboxylic acids is 1. The van der Waals surface area contributed by atoms with Crippen LogP contribution in [0.2, 0.25) is 0 Å². The van der Waals surface area contributed by atoms with Crippen molar-refractivity contribution in [3.8, 4) is 5.75 Å². The predicted molar refractivity (Wildman–Crippen MR) is 127 cm³/mol. The summed E-state index contributed by atoms with van der Waals surface area (Å²) in [6.07, 6.45) is 0.465. The number of carbonyl (C=O) groups is 1. The smallest absolute Gasteiger partial charge is 0.225 e. The first-order chi connectivity index (χ1) is 13.2. The van der Waals surface area contributed by atoms with Gasteiger partial charge in [-0.3, -0.25) is 9.79 Å². The number of ether oxygens (including phenoxy) is 1. The lowest BCUT2D eigenvalue weighted by Crippen LogP contribution is -2.42. The number of fused-ring (bicyclic) bond motifs is 1. The molecule has 1 unspecified atom stereocenters. The predicted octanol–water partition coefficient (Wildman–Crippen LogP) is 3.74. The second-order valence-electron chi connectivity index (χ2n) is 6.22. The lowest BCUT2D eigenvalue weighted by molar-refractivity contribution is -0.116. The zero-order valence-corrected chi connectivity index (χ0v) is 19.5. The summed E-state index contributed by atoms with van der Waals surface area (Å²) in [4.78, 5) is 16.2. The Bertz CT molecular complexity index is 831. The molecule has 0 aromatic heterocycles. The molecule has 0 saturated carbocycles. The van der Waals surface area contributed by atoms with E-state index in [4.69, 9.17) is 4.74 Å². The van der Waals surface area contributed by atoms with Crippen molar-refractivity contribution < 1.29 is 9.53 Å². The maximum absolute atomic E-state index is 11.9. The first-order valence-corrected chi connectivity index (χ1v) is 9.66. The molecule has 2 aromatic carbocycles. The van der Waals surface area contributed by atoms with Crippen LogP contribution in [0.15, 0.2) is 58.0 Å². The molecule has 0 bridgehead atoms. The van der Waals surface area contributed by atoms with E-state index in [0.29, 0.717) is 32.1 Å². The number of halogens is 2. The highest BCUT2D eigenvalue weighted by molar-refractivity contribution is 14.0. The van der Waals surface area contributed by atoms with Crippen LogP contribution in [0.1, 0.15) is 17.9 Å². The minimum Gasteiger partial charge on any atom is -0.492 e. The number of para-hydroxylation sites is 1. The zero-order chi connectivity index (χ0) is 19.1. The molecule has 1 atom stereocenters. The Morgan fingerprint density at radius 3 is 2.86 bits per heavy atom. The van der Waals surface area contributed by atoms with Gasteiger partial charge in [-0.25, -0.2) is 0 Å². The van der Waals surface area contributed by atoms with E-state index in [2.05, 4.69) is 42.9 Å². The van der Waals surface area contributed by atoms with Gasteiger partial charge < -0.3 is 20.7 Å². The second-order valence-corrected chi connectivity index (χ2v) is 7.14. The highest BCUT2D eigenvalue weighted by Crippen LogP contribution is 2.31. The second kappa shape index (κ2) is 11.3. The van der Waals surface area contributed by atoms with Crippen molar-refractivity contribution in [1.29, 1.82) is 0 Å². The van der Waals surface area contributed by atoms with Gasteiger partial charge in [0.05, 0.1) is 6.54 Å². The summed E-state index contributed by atoms with van der Waals surface area (Å²) < 4.78 is 6.70. The van der Waals surface area contributed by atoms with E-state index in [1.165, 1.54) is 0 Å². The number of aliphatic imine (C=N–C) groups is 1. The summed E-state index contributed by atoms with van der Waals surface area (Å²) in [5, 5.41) is 9.46. The van der Waals surface area contributed by atoms with Crippen molar-refractivity contribution in [2.45, 2.75) is 12.3 Å². The highest BCUT2D eigenvalue weighted by atomic mass is 127. The van der Waals surface area contributed by atoms with Crippen LogP contribution >= 0.6 is 39.9 Å². The topological polar surface area (TPSA) is 74.8 Å². The number of nitrogens with zero attached hydrogens (tertiary/aromatic N) is 1. The summed E-state index contributed by atoms with van der Waals surface area (Å²) in [5.74, 6) is 1.67. The van der Waals surface area contributed by atoms with Crippen LogP contribution in [0.25, 0.3) is 0 Å². The Balaban J connectivity index is 0.00000280. The maximum Gasteiger partial charge on any atom is 0.225 e. The van der Waals surface area contributed by atoms with Gasteiger partial charge in [-0.1, -0.05) is 40.2 Å². The van der Waals surface area contributed by atoms with E-state index in [9.17, 15) is 4.79 Å². The standard InChI is InChI=1S/C20H23BrN4O2.HI/c1-22-20(23-9-10-27-16-6-4-5-15(21)12-16)24-13-14-11-19(26)25-18-8-3-2-7-17(14)18;/h2-8,12,14H,9-11,13H2,1H3,(H,25,26)(H2,22,23,24);1H. The average Bonchev–Trinajstić information content (AvgIpc) is 2.67. The molecule has 150 valence electrons. The number of amides is 1. The first-order valence-electron chi connectivity index (χ1n) is 8.87. The van der Waals surface area contributed by atoms with E-state index in [0.717, 1.165) is 21.5 Å². The minimum absolute atomic E-state index is 0. The number of anilines is 1. The van der Waals surface area contributed by atoms with Gasteiger partial charge in [0.25, 0.3) is 0 Å². The molecule has 3 rings (SSSR count). The average molecular weight is 559 g/mol. The molecule has 0 radical (unpaired) electrons. The van der Waals surface area contributed by atoms with E-state index >= 15 is 0 Å². The fourth-order valence-corrected chi connectivity index (χ4v) is 3.40. The van der Waals surface area contributed by atoms with Crippen LogP contribution in [0, 0.1) is 0 Å². The lowest BCUT2D eigenvalue weighted by Gasteiger charge is -2.26. The Kier molecular flexibility index (Phi) is 9.04. The lowest BCUT2D eigenvalue weighted by atomic mass is 9.90. The normalized spacial score (nSPS) is 15.7. The quantitative estimate of drug-likeness (QED) is 0.218. The third kappa shape index (κ3) is 6.37. The van der Waals surface area contributed by atoms with Crippen LogP contribution in [0.4, 0.5) is 5.69 Å². The number of benzene rings is 2. The van der Waals surface area contributed by atoms with Crippen molar-refractivity contribution in [3.63, 3.8) is 0 Å². The van der Waals surface area contributed by atoms with Crippen LogP contribution < -0.4 is 20.7 Å². The number of hydrogen-bond acceptors (Lipinski definition) is 3. The third-order valence-corrected chi connectivity index (χ3v) is 4.80. The SMILES string of the molecule is CN=C(NCCOc1cccc(Br)c1)NCC1CC(=O)Nc2ccccc21.I. The molecule has 2 aromatic rings. The molecular formula is C20H24BrIN4O2. The molecule has 0 aliphatic carbocycles. The van der Waals surface area contributed by atoms with E-state index in [-0.39, 0.29) is 35.8 Å². The van der Waals surface area contributed by atoms with Crippen molar-refractivity contribution in [2.75, 3.05) is 32.1 Å². The Morgan fingerprint density at radius 1 is 1.25 bits per heavy atom. The Labute approximate surface area is 190 Å². The Hall–Kier alpha value is -1.81. The number of nitrogens with one attached hydrogen (secondary N) is 3. The van der Waals surface area contributed by atoms with E-state index < -0.39 is 0 Å². The molecule has 1 heterocycles. The van der Waals surface area contributed by atoms with Gasteiger partial charge >= 0.3 is 0 Å². The van der Waals surface area contributed by atoms with E-state index in [1.807, 2.05) is 42.5 Å². The van der Waals surface area contributed by atoms with Gasteiger partial charge in [0.2, 0.25) is 5.91 Å². The number of hydrogen-bond donors (Lipinski definition) is 3. The summed E-state index contributed by atoms with van der Waals surface area (Å²) in [6.45, 7) is 1.77. The molecule has 1 aliphatic heterocycles. The van der Waals surface area contributed by atoms with Crippen molar-refractivity contribution in [1.82, 2.24) is 10.6 Å². The molecule has 6 nitrogen and oxygen atoms in total. The molecule has 28 heavy (non-hydrogen) atoms. The minimum atomic E-state index is 0. The van der Waals surface area contributed by atoms with Crippen molar-refractivity contribution in [2.24, 2.45) is 4.99 Å². The molecule has 1 amide bonds. The van der Waals surface area contributed by atoms with Crippen LogP contribution in [-0.2, 0) is 4.79 Å². The van der Waals surface area contributed by atoms with Gasteiger partial charge in [0.15, 0.2) is 5.96 Å². The summed E-state index contributed by atoms with van der Waals surface area (Å²) in [7, 11) is 1.73. The fraction of sp³-hybridized carbons (Fsp3) is 0.300. The molecular weight excluding hydrogens is 535 g/mol. The number of guanidine groups is 1. The molecule has 0 spiro atoms. The van der Waals surface area contributed by atoms with Crippen molar-refractivity contribution >= 4 is 57.5 Å². The zero-order valence-electron chi connectivity index (χ0n) is 15.6. The van der Waals surface area contributed by atoms with Crippen LogP contribution in [0.5, 0.6) is 5.75 Å². The molecule has 0 fully saturated rings. The third-order valence-electron chi connectivity index (χ3n) is 4.31. The van der Waals surface area contributed by atoms with Gasteiger partial charge in [0, 0.05) is 36.1 Å². The first kappa shape index (κ1) is 22.5. The summed E-state index contributed by atoms with van der Waals surface area (Å²) in [5.41, 5.74) is 2.05. The van der Waals surface area contributed by atoms with Gasteiger partial charge in [-0.15, -0.1) is 24.0 Å². The van der Waals surface area contributed by atoms with Crippen LogP contribution in [-0.4, -0.2) is 38.6 Å². The number of rotatable bonds is 6. The molecule has 0 saturated heterocycles. The summed E-state index contributed by atoms with van der Waals surface area (Å²) >= 11 is 3.43. The maximum atomic E-state index is 11.9. The summed E-state index contributed by atoms with van der Waals surface area (Å²) in [6, 6.07) is 15.7. The van der Waals surface area contributed by atoms with Crippen LogP contribution in [0.3, 0.4) is 0 Å². The molecule has 8 heteroatoms. The molecule has 3 N–H and O–H groups in total. The van der Waals surface area contributed by atoms with Gasteiger partial charge in [-0.05, 0) is 29.8 Å². The van der Waals surface area contributed by atoms with E-state index in [1.54, 1.807) is 7.05 Å². The van der Waals surface area contributed by atoms with Crippen molar-refractivity contribution in [3.05, 3.63) is 58.6 Å². The Morgan fingerprint density at radius 2 is 2.07 bits per heavy atom. The fourth-order valence-electron chi connectivity index (χ4n) is 3.02. The van der Waals surface area contributed by atoms with Gasteiger partial charge in [-0.2, -0.15) is 0 Å². The molecule has 1 aliphatic rings. The highest BCUT2D eigenvalue weighted by Gasteiger charge is 2.24.